The van der Waals surface area contributed by atoms with Gasteiger partial charge in [-0.3, -0.25) is 0 Å². The molecule has 1 atom stereocenters. The number of hydrogen-bond acceptors (Lipinski definition) is 5. The van der Waals surface area contributed by atoms with Crippen molar-refractivity contribution in [3.05, 3.63) is 16.4 Å². The Labute approximate surface area is 72.0 Å². The van der Waals surface area contributed by atoms with Crippen LogP contribution in [0, 0.1) is 10.1 Å². The molecule has 0 saturated heterocycles. The van der Waals surface area contributed by atoms with Crippen LogP contribution in [0.3, 0.4) is 0 Å². The van der Waals surface area contributed by atoms with Crippen LogP contribution in [0.15, 0.2) is 6.33 Å². The molecule has 1 rings (SSSR count). The van der Waals surface area contributed by atoms with Crippen LogP contribution in [-0.2, 0) is 6.54 Å². The summed E-state index contributed by atoms with van der Waals surface area (Å²) in [5.74, 6) is -0.579. The summed E-state index contributed by atoms with van der Waals surface area (Å²) in [4.78, 5) is 12.6. The molecule has 72 valence electrons. The van der Waals surface area contributed by atoms with Crippen molar-refractivity contribution in [3.63, 3.8) is 0 Å². The van der Waals surface area contributed by atoms with Gasteiger partial charge in [-0.25, -0.2) is 4.39 Å². The first-order chi connectivity index (χ1) is 6.13. The Morgan fingerprint density at radius 1 is 1.85 bits per heavy atom. The molecule has 0 spiro atoms. The first kappa shape index (κ1) is 9.52. The summed E-state index contributed by atoms with van der Waals surface area (Å²) >= 11 is 0. The standard InChI is InChI=1S/C5H7FN4O3/c6-4(2-11)1-9-3-7-5(8-9)10(12)13/h3-4,11H,1-2H2. The fraction of sp³-hybridized carbons (Fsp3) is 0.600. The van der Waals surface area contributed by atoms with E-state index in [0.29, 0.717) is 0 Å². The molecule has 7 nitrogen and oxygen atoms in total. The Hall–Kier alpha value is -1.57. The van der Waals surface area contributed by atoms with Gasteiger partial charge in [0.2, 0.25) is 6.33 Å². The van der Waals surface area contributed by atoms with Crippen LogP contribution in [0.2, 0.25) is 0 Å². The van der Waals surface area contributed by atoms with Crippen molar-refractivity contribution < 1.29 is 14.4 Å². The first-order valence-corrected chi connectivity index (χ1v) is 3.42. The third-order valence-electron chi connectivity index (χ3n) is 1.27. The van der Waals surface area contributed by atoms with Gasteiger partial charge in [0.1, 0.15) is 6.17 Å². The first-order valence-electron chi connectivity index (χ1n) is 3.42. The van der Waals surface area contributed by atoms with E-state index in [9.17, 15) is 14.5 Å². The topological polar surface area (TPSA) is 94.1 Å². The lowest BCUT2D eigenvalue weighted by molar-refractivity contribution is -0.394. The third kappa shape index (κ3) is 2.44. The number of nitrogens with zero attached hydrogens (tertiary/aromatic N) is 4. The maximum Gasteiger partial charge on any atom is 0.490 e. The van der Waals surface area contributed by atoms with E-state index in [2.05, 4.69) is 10.1 Å². The van der Waals surface area contributed by atoms with Crippen molar-refractivity contribution >= 4 is 5.95 Å². The Kier molecular flexibility index (Phi) is 2.85. The number of aliphatic hydroxyl groups is 1. The molecule has 1 heterocycles. The minimum Gasteiger partial charge on any atom is -0.393 e. The van der Waals surface area contributed by atoms with Gasteiger partial charge < -0.3 is 15.2 Å². The molecule has 1 unspecified atom stereocenters. The van der Waals surface area contributed by atoms with Crippen LogP contribution < -0.4 is 0 Å². The summed E-state index contributed by atoms with van der Waals surface area (Å²) in [5, 5.41) is 21.8. The van der Waals surface area contributed by atoms with E-state index in [1.807, 2.05) is 0 Å². The Morgan fingerprint density at radius 2 is 2.54 bits per heavy atom. The fourth-order valence-corrected chi connectivity index (χ4v) is 0.717. The van der Waals surface area contributed by atoms with Crippen molar-refractivity contribution in [2.24, 2.45) is 0 Å². The molecule has 1 aromatic heterocycles. The Morgan fingerprint density at radius 3 is 3.00 bits per heavy atom. The monoisotopic (exact) mass is 190 g/mol. The molecule has 0 bridgehead atoms. The number of nitro groups is 1. The predicted octanol–water partition coefficient (Wildman–Crippen LogP) is -0.483. The molecule has 0 aliphatic carbocycles. The third-order valence-corrected chi connectivity index (χ3v) is 1.27. The highest BCUT2D eigenvalue weighted by molar-refractivity contribution is 4.96. The van der Waals surface area contributed by atoms with E-state index in [1.54, 1.807) is 0 Å². The molecule has 0 aliphatic heterocycles. The van der Waals surface area contributed by atoms with E-state index >= 15 is 0 Å². The van der Waals surface area contributed by atoms with Gasteiger partial charge in [0.05, 0.1) is 13.2 Å². The van der Waals surface area contributed by atoms with Gasteiger partial charge >= 0.3 is 5.95 Å². The molecule has 0 aromatic carbocycles. The minimum atomic E-state index is -1.48. The van der Waals surface area contributed by atoms with Crippen LogP contribution in [0.1, 0.15) is 0 Å². The van der Waals surface area contributed by atoms with Crippen molar-refractivity contribution in [2.45, 2.75) is 12.7 Å². The van der Waals surface area contributed by atoms with Crippen molar-refractivity contribution in [3.8, 4) is 0 Å². The lowest BCUT2D eigenvalue weighted by atomic mass is 10.4. The van der Waals surface area contributed by atoms with Gasteiger partial charge in [-0.15, -0.1) is 0 Å². The second kappa shape index (κ2) is 3.90. The summed E-state index contributed by atoms with van der Waals surface area (Å²) in [7, 11) is 0. The molecule has 0 fully saturated rings. The Bertz CT molecular complexity index is 302. The average Bonchev–Trinajstić information content (AvgIpc) is 2.52. The summed E-state index contributed by atoms with van der Waals surface area (Å²) < 4.78 is 13.5. The average molecular weight is 190 g/mol. The van der Waals surface area contributed by atoms with Gasteiger partial charge in [0.25, 0.3) is 0 Å². The molecule has 1 aromatic rings. The van der Waals surface area contributed by atoms with Gasteiger partial charge in [-0.1, -0.05) is 4.98 Å². The van der Waals surface area contributed by atoms with Crippen LogP contribution >= 0.6 is 0 Å². The molecule has 0 amide bonds. The summed E-state index contributed by atoms with van der Waals surface area (Å²) in [5.41, 5.74) is 0. The smallest absolute Gasteiger partial charge is 0.393 e. The Balaban J connectivity index is 2.64. The van der Waals surface area contributed by atoms with E-state index in [-0.39, 0.29) is 6.54 Å². The van der Waals surface area contributed by atoms with E-state index < -0.39 is 23.7 Å². The number of aliphatic hydroxyl groups excluding tert-OH is 1. The van der Waals surface area contributed by atoms with Crippen LogP contribution in [0.5, 0.6) is 0 Å². The molecule has 8 heteroatoms. The molecule has 0 radical (unpaired) electrons. The second-order valence-corrected chi connectivity index (χ2v) is 2.30. The van der Waals surface area contributed by atoms with Crippen molar-refractivity contribution in [1.29, 1.82) is 0 Å². The van der Waals surface area contributed by atoms with E-state index in [0.717, 1.165) is 11.0 Å². The highest BCUT2D eigenvalue weighted by Gasteiger charge is 2.15. The molecular weight excluding hydrogens is 183 g/mol. The van der Waals surface area contributed by atoms with Gasteiger partial charge in [0.15, 0.2) is 0 Å². The second-order valence-electron chi connectivity index (χ2n) is 2.30. The minimum absolute atomic E-state index is 0.239. The predicted molar refractivity (Wildman–Crippen MR) is 38.7 cm³/mol. The summed E-state index contributed by atoms with van der Waals surface area (Å²) in [6, 6.07) is 0. The molecule has 0 saturated carbocycles. The summed E-state index contributed by atoms with van der Waals surface area (Å²) in [6.45, 7) is -0.884. The number of rotatable bonds is 4. The number of hydrogen-bond donors (Lipinski definition) is 1. The summed E-state index contributed by atoms with van der Waals surface area (Å²) in [6.07, 6.45) is -0.443. The number of halogens is 1. The van der Waals surface area contributed by atoms with Crippen LogP contribution in [0.4, 0.5) is 10.3 Å². The van der Waals surface area contributed by atoms with E-state index in [4.69, 9.17) is 5.11 Å². The van der Waals surface area contributed by atoms with Gasteiger partial charge in [0, 0.05) is 5.10 Å². The SMILES string of the molecule is O=[N+]([O-])c1ncn(CC(F)CO)n1. The van der Waals surface area contributed by atoms with E-state index in [1.165, 1.54) is 0 Å². The molecule has 0 aliphatic rings. The lowest BCUT2D eigenvalue weighted by Gasteiger charge is -1.99. The zero-order chi connectivity index (χ0) is 9.84. The van der Waals surface area contributed by atoms with Crippen LogP contribution in [0.25, 0.3) is 0 Å². The van der Waals surface area contributed by atoms with Crippen molar-refractivity contribution in [1.82, 2.24) is 14.8 Å². The molecule has 13 heavy (non-hydrogen) atoms. The number of aromatic nitrogens is 3. The highest BCUT2D eigenvalue weighted by atomic mass is 19.1. The maximum atomic E-state index is 12.5. The quantitative estimate of drug-likeness (QED) is 0.511. The maximum absolute atomic E-state index is 12.5. The molecule has 1 N–H and O–H groups in total. The van der Waals surface area contributed by atoms with Crippen LogP contribution in [-0.4, -0.2) is 37.6 Å². The zero-order valence-electron chi connectivity index (χ0n) is 6.50. The lowest BCUT2D eigenvalue weighted by Crippen LogP contribution is -2.15. The fourth-order valence-electron chi connectivity index (χ4n) is 0.717. The van der Waals surface area contributed by atoms with Crippen molar-refractivity contribution in [2.75, 3.05) is 6.61 Å². The van der Waals surface area contributed by atoms with Gasteiger partial charge in [-0.05, 0) is 4.92 Å². The van der Waals surface area contributed by atoms with Gasteiger partial charge in [-0.2, -0.15) is 4.68 Å². The highest BCUT2D eigenvalue weighted by Crippen LogP contribution is 2.01. The molecular formula is C5H7FN4O3. The largest absolute Gasteiger partial charge is 0.490 e. The number of alkyl halides is 1. The normalized spacial score (nSPS) is 12.8. The zero-order valence-corrected chi connectivity index (χ0v) is 6.50.